The Balaban J connectivity index is 1.23. The number of ether oxygens (including phenoxy) is 1. The zero-order valence-electron chi connectivity index (χ0n) is 18.2. The second kappa shape index (κ2) is 7.87. The maximum Gasteiger partial charge on any atom is 0.328 e. The van der Waals surface area contributed by atoms with Gasteiger partial charge in [-0.3, -0.25) is 24.8 Å². The van der Waals surface area contributed by atoms with Crippen LogP contribution in [0.3, 0.4) is 0 Å². The van der Waals surface area contributed by atoms with E-state index in [9.17, 15) is 14.4 Å². The summed E-state index contributed by atoms with van der Waals surface area (Å²) in [6, 6.07) is 11.7. The molecule has 0 atom stereocenters. The van der Waals surface area contributed by atoms with Crippen molar-refractivity contribution >= 4 is 34.6 Å². The van der Waals surface area contributed by atoms with Gasteiger partial charge in [-0.2, -0.15) is 5.10 Å². The molecule has 6 rings (SSSR count). The smallest absolute Gasteiger partial charge is 0.328 e. The number of imide groups is 2. The summed E-state index contributed by atoms with van der Waals surface area (Å²) in [6.45, 7) is 0.474. The minimum atomic E-state index is -1.47. The largest absolute Gasteiger partial charge is 0.439 e. The average molecular weight is 470 g/mol. The fourth-order valence-electron chi connectivity index (χ4n) is 4.56. The summed E-state index contributed by atoms with van der Waals surface area (Å²) >= 11 is 0. The van der Waals surface area contributed by atoms with Gasteiger partial charge in [0.2, 0.25) is 5.88 Å². The molecule has 0 bridgehead atoms. The predicted molar refractivity (Wildman–Crippen MR) is 122 cm³/mol. The van der Waals surface area contributed by atoms with Crippen molar-refractivity contribution in [1.82, 2.24) is 35.4 Å². The normalized spacial score (nSPS) is 17.0. The molecule has 1 spiro atoms. The van der Waals surface area contributed by atoms with E-state index in [4.69, 9.17) is 4.74 Å². The minimum Gasteiger partial charge on any atom is -0.439 e. The van der Waals surface area contributed by atoms with Gasteiger partial charge in [0, 0.05) is 24.9 Å². The highest BCUT2D eigenvalue weighted by molar-refractivity contribution is 6.24. The number of nitrogens with zero attached hydrogens (tertiary/aromatic N) is 6. The van der Waals surface area contributed by atoms with E-state index in [1.165, 1.54) is 0 Å². The summed E-state index contributed by atoms with van der Waals surface area (Å²) in [7, 11) is 0. The van der Waals surface area contributed by atoms with E-state index >= 15 is 0 Å². The summed E-state index contributed by atoms with van der Waals surface area (Å²) < 4.78 is 7.73. The van der Waals surface area contributed by atoms with E-state index in [2.05, 4.69) is 30.8 Å². The summed E-state index contributed by atoms with van der Waals surface area (Å²) in [5.74, 6) is 0.286. The molecule has 0 unspecified atom stereocenters. The second-order valence-corrected chi connectivity index (χ2v) is 8.16. The molecule has 5 heterocycles. The summed E-state index contributed by atoms with van der Waals surface area (Å²) in [4.78, 5) is 47.2. The molecule has 2 N–H and O–H groups in total. The Morgan fingerprint density at radius 2 is 1.86 bits per heavy atom. The first kappa shape index (κ1) is 20.7. The number of anilines is 1. The van der Waals surface area contributed by atoms with Gasteiger partial charge < -0.3 is 9.64 Å². The first-order valence-corrected chi connectivity index (χ1v) is 10.9. The average Bonchev–Trinajstić information content (AvgIpc) is 3.49. The molecule has 0 radical (unpaired) electrons. The Hall–Kier alpha value is -4.87. The molecule has 4 amide bonds. The van der Waals surface area contributed by atoms with Gasteiger partial charge in [0.15, 0.2) is 11.4 Å². The van der Waals surface area contributed by atoms with Crippen LogP contribution in [0.15, 0.2) is 61.2 Å². The molecule has 0 aliphatic carbocycles. The molecule has 12 nitrogen and oxygen atoms in total. The molecule has 3 aromatic heterocycles. The minimum absolute atomic E-state index is 0.303. The third-order valence-corrected chi connectivity index (χ3v) is 6.17. The van der Waals surface area contributed by atoms with Crippen LogP contribution in [0.1, 0.15) is 12.8 Å². The molecule has 2 fully saturated rings. The standard InChI is InChI=1S/C23H18N8O4/c32-20-23(21(33)28-22(34)27-20)8-2-10-31(23)14-4-7-19(24-12-14)35-15-5-6-17-16(11-15)25-13-30(17)18-3-1-9-26-29-18/h1,3-7,9,11-13H,2,8,10H2,(H2,27,28,32,33,34). The van der Waals surface area contributed by atoms with E-state index in [1.54, 1.807) is 54.0 Å². The van der Waals surface area contributed by atoms with E-state index in [0.29, 0.717) is 48.0 Å². The number of carbonyl (C=O) groups excluding carboxylic acids is 3. The molecule has 1 aromatic carbocycles. The zero-order valence-corrected chi connectivity index (χ0v) is 18.2. The summed E-state index contributed by atoms with van der Waals surface area (Å²) in [6.07, 6.45) is 5.74. The monoisotopic (exact) mass is 470 g/mol. The first-order chi connectivity index (χ1) is 17.0. The number of rotatable bonds is 4. The molecule has 35 heavy (non-hydrogen) atoms. The highest BCUT2D eigenvalue weighted by atomic mass is 16.5. The number of aromatic nitrogens is 5. The van der Waals surface area contributed by atoms with Gasteiger partial charge in [0.25, 0.3) is 11.8 Å². The number of fused-ring (bicyclic) bond motifs is 1. The Labute approximate surface area is 197 Å². The SMILES string of the molecule is O=C1NC(=O)C2(CCCN2c2ccc(Oc3ccc4c(c3)ncn4-c3cccnn3)nc2)C(=O)N1. The quantitative estimate of drug-likeness (QED) is 0.426. The van der Waals surface area contributed by atoms with Gasteiger partial charge in [-0.05, 0) is 43.2 Å². The zero-order chi connectivity index (χ0) is 24.0. The van der Waals surface area contributed by atoms with Gasteiger partial charge in [0.1, 0.15) is 12.1 Å². The van der Waals surface area contributed by atoms with Crippen LogP contribution in [0.5, 0.6) is 11.6 Å². The number of imidazole rings is 1. The maximum absolute atomic E-state index is 12.6. The van der Waals surface area contributed by atoms with Crippen LogP contribution in [0.4, 0.5) is 10.5 Å². The van der Waals surface area contributed by atoms with E-state index in [1.807, 2.05) is 16.7 Å². The van der Waals surface area contributed by atoms with E-state index < -0.39 is 23.4 Å². The number of pyridine rings is 1. The molecular weight excluding hydrogens is 452 g/mol. The van der Waals surface area contributed by atoms with Crippen LogP contribution >= 0.6 is 0 Å². The topological polar surface area (TPSA) is 144 Å². The van der Waals surface area contributed by atoms with Gasteiger partial charge in [-0.1, -0.05) is 0 Å². The predicted octanol–water partition coefficient (Wildman–Crippen LogP) is 1.71. The van der Waals surface area contributed by atoms with Gasteiger partial charge in [-0.25, -0.2) is 14.8 Å². The van der Waals surface area contributed by atoms with Crippen LogP contribution in [0.2, 0.25) is 0 Å². The van der Waals surface area contributed by atoms with Crippen molar-refractivity contribution in [3.8, 4) is 17.4 Å². The van der Waals surface area contributed by atoms with E-state index in [0.717, 1.165) is 5.52 Å². The number of amides is 4. The molecule has 2 aliphatic heterocycles. The number of urea groups is 1. The number of carbonyl (C=O) groups is 3. The van der Waals surface area contributed by atoms with Crippen LogP contribution in [-0.4, -0.2) is 54.7 Å². The van der Waals surface area contributed by atoms with Crippen molar-refractivity contribution < 1.29 is 19.1 Å². The molecule has 0 saturated carbocycles. The van der Waals surface area contributed by atoms with Gasteiger partial charge in [0.05, 0.1) is 22.9 Å². The van der Waals surface area contributed by atoms with Crippen molar-refractivity contribution in [3.63, 3.8) is 0 Å². The molecular formula is C23H18N8O4. The first-order valence-electron chi connectivity index (χ1n) is 10.9. The highest BCUT2D eigenvalue weighted by Gasteiger charge is 2.57. The summed E-state index contributed by atoms with van der Waals surface area (Å²) in [5, 5.41) is 12.4. The van der Waals surface area contributed by atoms with Crippen molar-refractivity contribution in [3.05, 3.63) is 61.2 Å². The molecule has 2 aliphatic rings. The number of barbiturate groups is 1. The Morgan fingerprint density at radius 3 is 2.60 bits per heavy atom. The fraction of sp³-hybridized carbons (Fsp3) is 0.174. The van der Waals surface area contributed by atoms with Crippen LogP contribution in [0.25, 0.3) is 16.9 Å². The number of nitrogens with one attached hydrogen (secondary N) is 2. The van der Waals surface area contributed by atoms with Crippen LogP contribution < -0.4 is 20.3 Å². The lowest BCUT2D eigenvalue weighted by Crippen LogP contribution is -2.71. The van der Waals surface area contributed by atoms with Gasteiger partial charge >= 0.3 is 6.03 Å². The number of hydrogen-bond acceptors (Lipinski definition) is 9. The van der Waals surface area contributed by atoms with Crippen molar-refractivity contribution in [2.75, 3.05) is 11.4 Å². The van der Waals surface area contributed by atoms with Crippen LogP contribution in [-0.2, 0) is 9.59 Å². The van der Waals surface area contributed by atoms with Crippen molar-refractivity contribution in [2.45, 2.75) is 18.4 Å². The van der Waals surface area contributed by atoms with Gasteiger partial charge in [-0.15, -0.1) is 5.10 Å². The van der Waals surface area contributed by atoms with Crippen LogP contribution in [0, 0.1) is 0 Å². The second-order valence-electron chi connectivity index (χ2n) is 8.16. The molecule has 12 heteroatoms. The lowest BCUT2D eigenvalue weighted by Gasteiger charge is -2.38. The summed E-state index contributed by atoms with van der Waals surface area (Å²) in [5.41, 5.74) is 0.675. The molecule has 4 aromatic rings. The third-order valence-electron chi connectivity index (χ3n) is 6.17. The molecule has 2 saturated heterocycles. The third kappa shape index (κ3) is 3.34. The molecule has 174 valence electrons. The maximum atomic E-state index is 12.6. The lowest BCUT2D eigenvalue weighted by molar-refractivity contribution is -0.137. The number of benzene rings is 1. The Morgan fingerprint density at radius 1 is 1.00 bits per heavy atom. The van der Waals surface area contributed by atoms with Crippen molar-refractivity contribution in [1.29, 1.82) is 0 Å². The Bertz CT molecular complexity index is 1450. The fourth-order valence-corrected chi connectivity index (χ4v) is 4.56. The lowest BCUT2D eigenvalue weighted by atomic mass is 9.92. The Kier molecular flexibility index (Phi) is 4.66. The van der Waals surface area contributed by atoms with E-state index in [-0.39, 0.29) is 0 Å². The van der Waals surface area contributed by atoms with Crippen molar-refractivity contribution in [2.24, 2.45) is 0 Å². The highest BCUT2D eigenvalue weighted by Crippen LogP contribution is 2.36. The number of hydrogen-bond donors (Lipinski definition) is 2.